The third-order valence-corrected chi connectivity index (χ3v) is 6.79. The van der Waals surface area contributed by atoms with E-state index in [4.69, 9.17) is 4.74 Å². The number of nitrogens with one attached hydrogen (secondary N) is 2. The predicted molar refractivity (Wildman–Crippen MR) is 123 cm³/mol. The third-order valence-electron chi connectivity index (χ3n) is 6.79. The molecule has 31 heavy (non-hydrogen) atoms. The minimum absolute atomic E-state index is 0.0166. The summed E-state index contributed by atoms with van der Waals surface area (Å²) in [5, 5.41) is 6.58. The van der Waals surface area contributed by atoms with Gasteiger partial charge < -0.3 is 15.4 Å². The van der Waals surface area contributed by atoms with E-state index < -0.39 is 0 Å². The van der Waals surface area contributed by atoms with Crippen molar-refractivity contribution in [1.29, 1.82) is 0 Å². The van der Waals surface area contributed by atoms with Gasteiger partial charge in [0, 0.05) is 16.8 Å². The first kappa shape index (κ1) is 21.4. The number of para-hydroxylation sites is 1. The summed E-state index contributed by atoms with van der Waals surface area (Å²) in [5.41, 5.74) is 2.47. The van der Waals surface area contributed by atoms with Crippen LogP contribution in [-0.2, 0) is 4.74 Å². The van der Waals surface area contributed by atoms with Crippen molar-refractivity contribution in [3.8, 4) is 0 Å². The van der Waals surface area contributed by atoms with Gasteiger partial charge in [0.15, 0.2) is 0 Å². The quantitative estimate of drug-likeness (QED) is 0.622. The van der Waals surface area contributed by atoms with Gasteiger partial charge in [0.25, 0.3) is 5.91 Å². The first-order valence-corrected chi connectivity index (χ1v) is 11.2. The first-order chi connectivity index (χ1) is 14.8. The number of amides is 1. The molecule has 0 aliphatic heterocycles. The SMILES string of the molecule is COC(=O)c1ccccc1Nc1ccc(C(=O)NC2(C)CC3CC(C)CC(C3)C2)cc1. The number of esters is 1. The van der Waals surface area contributed by atoms with Crippen molar-refractivity contribution in [2.24, 2.45) is 17.8 Å². The fourth-order valence-electron chi connectivity index (χ4n) is 5.78. The lowest BCUT2D eigenvalue weighted by molar-refractivity contribution is 0.0597. The summed E-state index contributed by atoms with van der Waals surface area (Å²) in [6.45, 7) is 4.57. The van der Waals surface area contributed by atoms with Gasteiger partial charge in [0.2, 0.25) is 0 Å². The molecule has 2 saturated carbocycles. The lowest BCUT2D eigenvalue weighted by Gasteiger charge is -2.47. The number of anilines is 2. The summed E-state index contributed by atoms with van der Waals surface area (Å²) in [7, 11) is 1.37. The van der Waals surface area contributed by atoms with E-state index in [9.17, 15) is 9.59 Å². The maximum Gasteiger partial charge on any atom is 0.339 e. The van der Waals surface area contributed by atoms with E-state index in [0.717, 1.165) is 36.3 Å². The summed E-state index contributed by atoms with van der Waals surface area (Å²) in [6, 6.07) is 14.6. The molecule has 5 heteroatoms. The van der Waals surface area contributed by atoms with Crippen LogP contribution in [0.2, 0.25) is 0 Å². The smallest absolute Gasteiger partial charge is 0.339 e. The Morgan fingerprint density at radius 1 is 0.968 bits per heavy atom. The van der Waals surface area contributed by atoms with Crippen molar-refractivity contribution < 1.29 is 14.3 Å². The van der Waals surface area contributed by atoms with Gasteiger partial charge in [0.1, 0.15) is 0 Å². The van der Waals surface area contributed by atoms with Crippen LogP contribution in [-0.4, -0.2) is 24.5 Å². The Kier molecular flexibility index (Phi) is 6.03. The van der Waals surface area contributed by atoms with Crippen LogP contribution < -0.4 is 10.6 Å². The van der Waals surface area contributed by atoms with Crippen molar-refractivity contribution in [3.05, 3.63) is 59.7 Å². The molecule has 1 amide bonds. The van der Waals surface area contributed by atoms with E-state index in [1.54, 1.807) is 12.1 Å². The molecule has 4 rings (SSSR count). The summed E-state index contributed by atoms with van der Waals surface area (Å²) < 4.78 is 4.85. The molecule has 2 aliphatic rings. The molecule has 0 saturated heterocycles. The largest absolute Gasteiger partial charge is 0.465 e. The fraction of sp³-hybridized carbons (Fsp3) is 0.462. The Hall–Kier alpha value is -2.82. The highest BCUT2D eigenvalue weighted by Crippen LogP contribution is 2.46. The van der Waals surface area contributed by atoms with Crippen LogP contribution in [0, 0.1) is 17.8 Å². The highest BCUT2D eigenvalue weighted by Gasteiger charge is 2.41. The average Bonchev–Trinajstić information content (AvgIpc) is 2.72. The molecule has 2 atom stereocenters. The summed E-state index contributed by atoms with van der Waals surface area (Å²) >= 11 is 0. The van der Waals surface area contributed by atoms with Gasteiger partial charge in [-0.2, -0.15) is 0 Å². The number of methoxy groups -OCH3 is 1. The van der Waals surface area contributed by atoms with Gasteiger partial charge in [-0.1, -0.05) is 19.1 Å². The predicted octanol–water partition coefficient (Wildman–Crippen LogP) is 5.55. The summed E-state index contributed by atoms with van der Waals surface area (Å²) in [5.74, 6) is 1.87. The molecule has 0 aromatic heterocycles. The Balaban J connectivity index is 1.42. The monoisotopic (exact) mass is 420 g/mol. The van der Waals surface area contributed by atoms with Crippen LogP contribution in [0.15, 0.2) is 48.5 Å². The fourth-order valence-corrected chi connectivity index (χ4v) is 5.78. The van der Waals surface area contributed by atoms with Gasteiger partial charge >= 0.3 is 5.97 Å². The Morgan fingerprint density at radius 3 is 2.26 bits per heavy atom. The van der Waals surface area contributed by atoms with E-state index in [1.807, 2.05) is 36.4 Å². The van der Waals surface area contributed by atoms with Crippen molar-refractivity contribution in [3.63, 3.8) is 0 Å². The Morgan fingerprint density at radius 2 is 1.61 bits per heavy atom. The first-order valence-electron chi connectivity index (χ1n) is 11.2. The molecular weight excluding hydrogens is 388 g/mol. The minimum atomic E-state index is -0.390. The van der Waals surface area contributed by atoms with E-state index in [-0.39, 0.29) is 17.4 Å². The number of ether oxygens (including phenoxy) is 1. The van der Waals surface area contributed by atoms with E-state index >= 15 is 0 Å². The molecule has 2 unspecified atom stereocenters. The molecular formula is C26H32N2O3. The molecule has 5 nitrogen and oxygen atoms in total. The van der Waals surface area contributed by atoms with Gasteiger partial charge in [-0.05, 0) is 93.2 Å². The molecule has 0 heterocycles. The van der Waals surface area contributed by atoms with Crippen LogP contribution in [0.1, 0.15) is 66.7 Å². The van der Waals surface area contributed by atoms with E-state index in [1.165, 1.54) is 26.4 Å². The standard InChI is InChI=1S/C26H32N2O3/c1-17-12-18-14-19(13-17)16-26(2,15-18)28-24(29)20-8-10-21(11-9-20)27-23-7-5-4-6-22(23)25(30)31-3/h4-11,17-19,27H,12-16H2,1-3H3,(H,28,29). The number of benzene rings is 2. The van der Waals surface area contributed by atoms with Gasteiger partial charge in [-0.15, -0.1) is 0 Å². The van der Waals surface area contributed by atoms with Crippen LogP contribution >= 0.6 is 0 Å². The second kappa shape index (κ2) is 8.74. The second-order valence-corrected chi connectivity index (χ2v) is 9.71. The van der Waals surface area contributed by atoms with E-state index in [2.05, 4.69) is 24.5 Å². The zero-order chi connectivity index (χ0) is 22.0. The molecule has 164 valence electrons. The maximum absolute atomic E-state index is 13.0. The molecule has 2 fully saturated rings. The van der Waals surface area contributed by atoms with Gasteiger partial charge in [-0.3, -0.25) is 4.79 Å². The van der Waals surface area contributed by atoms with Gasteiger partial charge in [-0.25, -0.2) is 4.79 Å². The van der Waals surface area contributed by atoms with Crippen molar-refractivity contribution >= 4 is 23.3 Å². The number of carbonyl (C=O) groups is 2. The zero-order valence-corrected chi connectivity index (χ0v) is 18.6. The molecule has 0 spiro atoms. The van der Waals surface area contributed by atoms with Crippen molar-refractivity contribution in [2.45, 2.75) is 51.5 Å². The number of fused-ring (bicyclic) bond motifs is 2. The Bertz CT molecular complexity index is 935. The number of carbonyl (C=O) groups excluding carboxylic acids is 2. The van der Waals surface area contributed by atoms with E-state index in [0.29, 0.717) is 16.8 Å². The number of rotatable bonds is 5. The third kappa shape index (κ3) is 4.92. The van der Waals surface area contributed by atoms with Gasteiger partial charge in [0.05, 0.1) is 18.4 Å². The zero-order valence-electron chi connectivity index (χ0n) is 18.6. The summed E-state index contributed by atoms with van der Waals surface area (Å²) in [4.78, 5) is 24.9. The molecule has 0 radical (unpaired) electrons. The van der Waals surface area contributed by atoms with Crippen molar-refractivity contribution in [2.75, 3.05) is 12.4 Å². The van der Waals surface area contributed by atoms with Crippen LogP contribution in [0.25, 0.3) is 0 Å². The highest BCUT2D eigenvalue weighted by atomic mass is 16.5. The molecule has 2 aromatic rings. The molecule has 2 aromatic carbocycles. The normalized spacial score (nSPS) is 27.3. The average molecular weight is 421 g/mol. The maximum atomic E-state index is 13.0. The molecule has 2 N–H and O–H groups in total. The molecule has 2 bridgehead atoms. The number of hydrogen-bond donors (Lipinski definition) is 2. The van der Waals surface area contributed by atoms with Crippen LogP contribution in [0.5, 0.6) is 0 Å². The number of hydrogen-bond acceptors (Lipinski definition) is 4. The Labute approximate surface area is 184 Å². The lowest BCUT2D eigenvalue weighted by Crippen LogP contribution is -2.52. The highest BCUT2D eigenvalue weighted by molar-refractivity contribution is 5.97. The lowest BCUT2D eigenvalue weighted by atomic mass is 9.62. The summed E-state index contributed by atoms with van der Waals surface area (Å²) in [6.07, 6.45) is 6.04. The van der Waals surface area contributed by atoms with Crippen LogP contribution in [0.3, 0.4) is 0 Å². The second-order valence-electron chi connectivity index (χ2n) is 9.71. The van der Waals surface area contributed by atoms with Crippen LogP contribution in [0.4, 0.5) is 11.4 Å². The topological polar surface area (TPSA) is 67.4 Å². The minimum Gasteiger partial charge on any atom is -0.465 e. The molecule has 2 aliphatic carbocycles. The van der Waals surface area contributed by atoms with Crippen molar-refractivity contribution in [1.82, 2.24) is 5.32 Å².